The number of hydrogen-bond donors (Lipinski definition) is 1. The largest absolute Gasteiger partial charge is 0.497 e. The average Bonchev–Trinajstić information content (AvgIpc) is 3.12. The van der Waals surface area contributed by atoms with Crippen molar-refractivity contribution >= 4 is 32.7 Å². The summed E-state index contributed by atoms with van der Waals surface area (Å²) in [5, 5.41) is 2.85. The number of carbonyl (C=O) groups is 1. The van der Waals surface area contributed by atoms with Crippen LogP contribution in [0.2, 0.25) is 0 Å². The van der Waals surface area contributed by atoms with E-state index in [9.17, 15) is 13.2 Å². The van der Waals surface area contributed by atoms with E-state index >= 15 is 0 Å². The van der Waals surface area contributed by atoms with Gasteiger partial charge in [-0.1, -0.05) is 0 Å². The number of rotatable bonds is 8. The minimum absolute atomic E-state index is 0.114. The Kier molecular flexibility index (Phi) is 7.05. The standard InChI is InChI=1S/C23H29N5O5S/c1-26-21-9-4-17(24-23(29)16-33-19-7-5-18(32-2)6-8-19)14-20(21)25-22(26)15-27-10-12-28(13-11-27)34(3,30)31/h4-9,14H,10-13,15-16H2,1-3H3,(H,24,29). The van der Waals surface area contributed by atoms with Gasteiger partial charge in [0.2, 0.25) is 10.0 Å². The first-order valence-corrected chi connectivity index (χ1v) is 12.8. The van der Waals surface area contributed by atoms with Gasteiger partial charge in [0, 0.05) is 38.9 Å². The molecule has 2 heterocycles. The first-order valence-electron chi connectivity index (χ1n) is 10.9. The highest BCUT2D eigenvalue weighted by Gasteiger charge is 2.24. The van der Waals surface area contributed by atoms with Gasteiger partial charge in [0.1, 0.15) is 17.3 Å². The summed E-state index contributed by atoms with van der Waals surface area (Å²) in [7, 11) is 0.395. The van der Waals surface area contributed by atoms with Gasteiger partial charge in [-0.05, 0) is 42.5 Å². The van der Waals surface area contributed by atoms with Crippen molar-refractivity contribution in [3.8, 4) is 11.5 Å². The molecule has 0 aliphatic carbocycles. The highest BCUT2D eigenvalue weighted by molar-refractivity contribution is 7.88. The fourth-order valence-electron chi connectivity index (χ4n) is 3.91. The number of hydrogen-bond acceptors (Lipinski definition) is 7. The van der Waals surface area contributed by atoms with Crippen molar-refractivity contribution in [2.24, 2.45) is 7.05 Å². The van der Waals surface area contributed by atoms with Crippen molar-refractivity contribution in [1.29, 1.82) is 0 Å². The van der Waals surface area contributed by atoms with Crippen molar-refractivity contribution in [2.45, 2.75) is 6.54 Å². The lowest BCUT2D eigenvalue weighted by atomic mass is 10.2. The number of anilines is 1. The Labute approximate surface area is 199 Å². The molecule has 1 fully saturated rings. The second kappa shape index (κ2) is 10.00. The van der Waals surface area contributed by atoms with E-state index in [0.717, 1.165) is 22.6 Å². The Balaban J connectivity index is 1.36. The summed E-state index contributed by atoms with van der Waals surface area (Å²) in [6, 6.07) is 12.6. The van der Waals surface area contributed by atoms with E-state index in [2.05, 4.69) is 10.2 Å². The Morgan fingerprint density at radius 2 is 1.74 bits per heavy atom. The van der Waals surface area contributed by atoms with Gasteiger partial charge in [0.25, 0.3) is 5.91 Å². The van der Waals surface area contributed by atoms with Gasteiger partial charge < -0.3 is 19.4 Å². The van der Waals surface area contributed by atoms with Crippen LogP contribution in [0.3, 0.4) is 0 Å². The molecule has 1 aromatic heterocycles. The first-order chi connectivity index (χ1) is 16.2. The maximum absolute atomic E-state index is 12.3. The fraction of sp³-hybridized carbons (Fsp3) is 0.391. The van der Waals surface area contributed by atoms with Crippen molar-refractivity contribution in [3.05, 3.63) is 48.3 Å². The number of fused-ring (bicyclic) bond motifs is 1. The van der Waals surface area contributed by atoms with Crippen LogP contribution in [0.5, 0.6) is 11.5 Å². The Bertz CT molecular complexity index is 1260. The van der Waals surface area contributed by atoms with Gasteiger partial charge in [-0.2, -0.15) is 4.31 Å². The number of carbonyl (C=O) groups excluding carboxylic acids is 1. The average molecular weight is 488 g/mol. The highest BCUT2D eigenvalue weighted by Crippen LogP contribution is 2.21. The molecule has 0 unspecified atom stereocenters. The minimum atomic E-state index is -3.15. The van der Waals surface area contributed by atoms with Crippen LogP contribution in [0.4, 0.5) is 5.69 Å². The van der Waals surface area contributed by atoms with Gasteiger partial charge in [-0.25, -0.2) is 13.4 Å². The smallest absolute Gasteiger partial charge is 0.262 e. The maximum atomic E-state index is 12.3. The normalized spacial score (nSPS) is 15.4. The third kappa shape index (κ3) is 5.66. The predicted molar refractivity (Wildman–Crippen MR) is 130 cm³/mol. The SMILES string of the molecule is COc1ccc(OCC(=O)Nc2ccc3c(c2)nc(CN2CCN(S(C)(=O)=O)CC2)n3C)cc1. The lowest BCUT2D eigenvalue weighted by molar-refractivity contribution is -0.118. The number of amides is 1. The first kappa shape index (κ1) is 24.0. The highest BCUT2D eigenvalue weighted by atomic mass is 32.2. The molecule has 1 saturated heterocycles. The molecule has 0 atom stereocenters. The minimum Gasteiger partial charge on any atom is -0.497 e. The van der Waals surface area contributed by atoms with E-state index in [1.165, 1.54) is 10.6 Å². The third-order valence-corrected chi connectivity index (χ3v) is 7.16. The number of methoxy groups -OCH3 is 1. The van der Waals surface area contributed by atoms with Crippen LogP contribution in [0.15, 0.2) is 42.5 Å². The second-order valence-electron chi connectivity index (χ2n) is 8.24. The second-order valence-corrected chi connectivity index (χ2v) is 10.2. The lowest BCUT2D eigenvalue weighted by Crippen LogP contribution is -2.48. The van der Waals surface area contributed by atoms with Crippen LogP contribution in [-0.2, 0) is 28.4 Å². The van der Waals surface area contributed by atoms with Crippen LogP contribution < -0.4 is 14.8 Å². The van der Waals surface area contributed by atoms with E-state index in [1.807, 2.05) is 29.8 Å². The van der Waals surface area contributed by atoms with Crippen LogP contribution in [0, 0.1) is 0 Å². The molecule has 1 amide bonds. The molecule has 10 nitrogen and oxygen atoms in total. The molecule has 4 rings (SSSR count). The monoisotopic (exact) mass is 487 g/mol. The zero-order chi connectivity index (χ0) is 24.3. The maximum Gasteiger partial charge on any atom is 0.262 e. The summed E-state index contributed by atoms with van der Waals surface area (Å²) in [6.07, 6.45) is 1.25. The summed E-state index contributed by atoms with van der Waals surface area (Å²) in [5.74, 6) is 1.92. The summed E-state index contributed by atoms with van der Waals surface area (Å²) in [6.45, 7) is 2.80. The summed E-state index contributed by atoms with van der Waals surface area (Å²) in [5.41, 5.74) is 2.38. The summed E-state index contributed by atoms with van der Waals surface area (Å²) in [4.78, 5) is 19.3. The van der Waals surface area contributed by atoms with E-state index in [-0.39, 0.29) is 12.5 Å². The Morgan fingerprint density at radius 3 is 2.38 bits per heavy atom. The van der Waals surface area contributed by atoms with E-state index < -0.39 is 10.0 Å². The molecule has 3 aromatic rings. The zero-order valence-corrected chi connectivity index (χ0v) is 20.3. The Morgan fingerprint density at radius 1 is 1.06 bits per heavy atom. The number of nitrogens with zero attached hydrogens (tertiary/aromatic N) is 4. The van der Waals surface area contributed by atoms with Crippen LogP contribution in [0.25, 0.3) is 11.0 Å². The van der Waals surface area contributed by atoms with Crippen molar-refractivity contribution in [1.82, 2.24) is 18.8 Å². The van der Waals surface area contributed by atoms with Crippen LogP contribution >= 0.6 is 0 Å². The molecule has 0 radical (unpaired) electrons. The fourth-order valence-corrected chi connectivity index (χ4v) is 4.73. The molecule has 0 spiro atoms. The number of benzene rings is 2. The van der Waals surface area contributed by atoms with E-state index in [0.29, 0.717) is 44.2 Å². The van der Waals surface area contributed by atoms with Crippen LogP contribution in [0.1, 0.15) is 5.82 Å². The number of aromatic nitrogens is 2. The quantitative estimate of drug-likeness (QED) is 0.515. The molecule has 0 bridgehead atoms. The van der Waals surface area contributed by atoms with Gasteiger partial charge >= 0.3 is 0 Å². The third-order valence-electron chi connectivity index (χ3n) is 5.85. The number of sulfonamides is 1. The number of piperazine rings is 1. The molecule has 1 aliphatic heterocycles. The number of ether oxygens (including phenoxy) is 2. The number of aryl methyl sites for hydroxylation is 1. The Hall–Kier alpha value is -3.15. The molecule has 2 aromatic carbocycles. The topological polar surface area (TPSA) is 106 Å². The van der Waals surface area contributed by atoms with Gasteiger partial charge in [-0.3, -0.25) is 9.69 Å². The molecule has 0 saturated carbocycles. The molecule has 11 heteroatoms. The van der Waals surface area contributed by atoms with Gasteiger partial charge in [-0.15, -0.1) is 0 Å². The van der Waals surface area contributed by atoms with E-state index in [1.54, 1.807) is 31.4 Å². The molecule has 34 heavy (non-hydrogen) atoms. The molecule has 182 valence electrons. The van der Waals surface area contributed by atoms with Crippen molar-refractivity contribution < 1.29 is 22.7 Å². The van der Waals surface area contributed by atoms with Gasteiger partial charge in [0.05, 0.1) is 30.9 Å². The lowest BCUT2D eigenvalue weighted by Gasteiger charge is -2.32. The summed E-state index contributed by atoms with van der Waals surface area (Å²) < 4.78 is 37.6. The van der Waals surface area contributed by atoms with Crippen molar-refractivity contribution in [2.75, 3.05) is 51.5 Å². The predicted octanol–water partition coefficient (Wildman–Crippen LogP) is 1.68. The van der Waals surface area contributed by atoms with Crippen LogP contribution in [-0.4, -0.2) is 79.2 Å². The van der Waals surface area contributed by atoms with Crippen molar-refractivity contribution in [3.63, 3.8) is 0 Å². The zero-order valence-electron chi connectivity index (χ0n) is 19.5. The van der Waals surface area contributed by atoms with E-state index in [4.69, 9.17) is 14.5 Å². The number of imidazole rings is 1. The van der Waals surface area contributed by atoms with Gasteiger partial charge in [0.15, 0.2) is 6.61 Å². The molecular formula is C23H29N5O5S. The molecule has 1 N–H and O–H groups in total. The molecular weight excluding hydrogens is 458 g/mol. The number of nitrogens with one attached hydrogen (secondary N) is 1. The molecule has 1 aliphatic rings. The summed E-state index contributed by atoms with van der Waals surface area (Å²) >= 11 is 0.